The van der Waals surface area contributed by atoms with Gasteiger partial charge in [-0.3, -0.25) is 0 Å². The van der Waals surface area contributed by atoms with Crippen molar-refractivity contribution >= 4 is 17.7 Å². The highest BCUT2D eigenvalue weighted by Crippen LogP contribution is 2.26. The first-order chi connectivity index (χ1) is 11.7. The lowest BCUT2D eigenvalue weighted by Crippen LogP contribution is -2.44. The molecule has 128 valence electrons. The van der Waals surface area contributed by atoms with Gasteiger partial charge in [0.2, 0.25) is 5.88 Å². The molecule has 3 heterocycles. The van der Waals surface area contributed by atoms with E-state index >= 15 is 0 Å². The molecule has 0 aromatic carbocycles. The van der Waals surface area contributed by atoms with Crippen LogP contribution in [0.3, 0.4) is 0 Å². The minimum atomic E-state index is 0.613. The summed E-state index contributed by atoms with van der Waals surface area (Å²) < 4.78 is 7.15. The molecule has 1 fully saturated rings. The standard InChI is InChI=1S/C17H24N6O/c1-4-23-13-14(12-19-23)11-18-15-5-6-16(20-17(15)24-3)22-9-7-21(2)8-10-22/h4-6,12-13,18H,1,7-11H2,2-3H3. The van der Waals surface area contributed by atoms with Gasteiger partial charge in [-0.1, -0.05) is 6.58 Å². The van der Waals surface area contributed by atoms with E-state index in [1.807, 2.05) is 24.5 Å². The molecular formula is C17H24N6O. The molecule has 0 amide bonds. The molecule has 0 radical (unpaired) electrons. The Balaban J connectivity index is 1.68. The van der Waals surface area contributed by atoms with E-state index in [4.69, 9.17) is 4.74 Å². The van der Waals surface area contributed by atoms with Crippen LogP contribution in [-0.2, 0) is 6.54 Å². The van der Waals surface area contributed by atoms with Crippen LogP contribution in [0.4, 0.5) is 11.5 Å². The van der Waals surface area contributed by atoms with Crippen molar-refractivity contribution < 1.29 is 4.74 Å². The molecule has 2 aromatic heterocycles. The summed E-state index contributed by atoms with van der Waals surface area (Å²) in [6, 6.07) is 4.07. The molecule has 1 aliphatic rings. The maximum Gasteiger partial charge on any atom is 0.239 e. The van der Waals surface area contributed by atoms with Gasteiger partial charge in [0.05, 0.1) is 19.0 Å². The normalized spacial score (nSPS) is 15.3. The molecular weight excluding hydrogens is 304 g/mol. The number of methoxy groups -OCH3 is 1. The van der Waals surface area contributed by atoms with E-state index in [1.54, 1.807) is 18.0 Å². The zero-order valence-corrected chi connectivity index (χ0v) is 14.3. The summed E-state index contributed by atoms with van der Waals surface area (Å²) in [6.45, 7) is 8.42. The van der Waals surface area contributed by atoms with E-state index in [0.717, 1.165) is 43.2 Å². The van der Waals surface area contributed by atoms with Gasteiger partial charge in [0, 0.05) is 50.7 Å². The molecule has 2 aromatic rings. The summed E-state index contributed by atoms with van der Waals surface area (Å²) in [5, 5.41) is 7.53. The molecule has 7 nitrogen and oxygen atoms in total. The molecule has 0 bridgehead atoms. The topological polar surface area (TPSA) is 58.5 Å². The SMILES string of the molecule is C=Cn1cc(CNc2ccc(N3CCN(C)CC3)nc2OC)cn1. The van der Waals surface area contributed by atoms with E-state index in [0.29, 0.717) is 12.4 Å². The Morgan fingerprint density at radius 3 is 2.75 bits per heavy atom. The predicted molar refractivity (Wildman–Crippen MR) is 96.4 cm³/mol. The minimum absolute atomic E-state index is 0.613. The van der Waals surface area contributed by atoms with E-state index in [1.165, 1.54) is 0 Å². The molecule has 7 heteroatoms. The number of anilines is 2. The van der Waals surface area contributed by atoms with Gasteiger partial charge in [-0.2, -0.15) is 10.1 Å². The molecule has 1 saturated heterocycles. The van der Waals surface area contributed by atoms with Gasteiger partial charge in [-0.25, -0.2) is 4.68 Å². The number of nitrogens with one attached hydrogen (secondary N) is 1. The molecule has 1 aliphatic heterocycles. The largest absolute Gasteiger partial charge is 0.479 e. The highest BCUT2D eigenvalue weighted by molar-refractivity contribution is 5.58. The van der Waals surface area contributed by atoms with Gasteiger partial charge >= 0.3 is 0 Å². The number of ether oxygens (including phenoxy) is 1. The van der Waals surface area contributed by atoms with Gasteiger partial charge in [-0.15, -0.1) is 0 Å². The van der Waals surface area contributed by atoms with Crippen molar-refractivity contribution in [2.45, 2.75) is 6.54 Å². The maximum absolute atomic E-state index is 5.47. The summed E-state index contributed by atoms with van der Waals surface area (Å²) >= 11 is 0. The number of piperazine rings is 1. The number of nitrogens with zero attached hydrogens (tertiary/aromatic N) is 5. The highest BCUT2D eigenvalue weighted by atomic mass is 16.5. The van der Waals surface area contributed by atoms with Gasteiger partial charge in [0.25, 0.3) is 0 Å². The smallest absolute Gasteiger partial charge is 0.239 e. The number of hydrogen-bond acceptors (Lipinski definition) is 6. The average Bonchev–Trinajstić information content (AvgIpc) is 3.08. The van der Waals surface area contributed by atoms with Crippen LogP contribution in [-0.4, -0.2) is 60.0 Å². The Morgan fingerprint density at radius 1 is 1.29 bits per heavy atom. The third-order valence-electron chi connectivity index (χ3n) is 4.19. The van der Waals surface area contributed by atoms with Crippen LogP contribution in [0.2, 0.25) is 0 Å². The van der Waals surface area contributed by atoms with Crippen LogP contribution in [0.25, 0.3) is 6.20 Å². The fourth-order valence-electron chi connectivity index (χ4n) is 2.70. The summed E-state index contributed by atoms with van der Waals surface area (Å²) in [4.78, 5) is 9.28. The van der Waals surface area contributed by atoms with Crippen LogP contribution in [0.5, 0.6) is 5.88 Å². The summed E-state index contributed by atoms with van der Waals surface area (Å²) in [7, 11) is 3.80. The number of rotatable bonds is 6. The number of aromatic nitrogens is 3. The predicted octanol–water partition coefficient (Wildman–Crippen LogP) is 1.75. The molecule has 0 saturated carbocycles. The van der Waals surface area contributed by atoms with Crippen LogP contribution in [0.1, 0.15) is 5.56 Å². The lowest BCUT2D eigenvalue weighted by atomic mass is 10.3. The Morgan fingerprint density at radius 2 is 2.08 bits per heavy atom. The third-order valence-corrected chi connectivity index (χ3v) is 4.19. The maximum atomic E-state index is 5.47. The van der Waals surface area contributed by atoms with Crippen molar-refractivity contribution in [1.29, 1.82) is 0 Å². The van der Waals surface area contributed by atoms with Crippen molar-refractivity contribution in [1.82, 2.24) is 19.7 Å². The summed E-state index contributed by atoms with van der Waals surface area (Å²) in [5.41, 5.74) is 1.95. The second kappa shape index (κ2) is 7.35. The lowest BCUT2D eigenvalue weighted by Gasteiger charge is -2.33. The first kappa shape index (κ1) is 16.3. The fourth-order valence-corrected chi connectivity index (χ4v) is 2.70. The van der Waals surface area contributed by atoms with Crippen molar-refractivity contribution in [3.63, 3.8) is 0 Å². The van der Waals surface area contributed by atoms with E-state index in [-0.39, 0.29) is 0 Å². The first-order valence-electron chi connectivity index (χ1n) is 8.07. The second-order valence-corrected chi connectivity index (χ2v) is 5.88. The summed E-state index contributed by atoms with van der Waals surface area (Å²) in [5.74, 6) is 1.58. The Labute approximate surface area is 142 Å². The van der Waals surface area contributed by atoms with Crippen LogP contribution in [0.15, 0.2) is 31.1 Å². The van der Waals surface area contributed by atoms with Gasteiger partial charge in [0.1, 0.15) is 5.82 Å². The first-order valence-corrected chi connectivity index (χ1v) is 8.07. The van der Waals surface area contributed by atoms with E-state index < -0.39 is 0 Å². The molecule has 24 heavy (non-hydrogen) atoms. The minimum Gasteiger partial charge on any atom is -0.479 e. The molecule has 0 unspecified atom stereocenters. The van der Waals surface area contributed by atoms with Crippen LogP contribution in [0, 0.1) is 0 Å². The average molecular weight is 328 g/mol. The number of pyridine rings is 1. The van der Waals surface area contributed by atoms with Crippen molar-refractivity contribution in [2.75, 3.05) is 50.6 Å². The zero-order valence-electron chi connectivity index (χ0n) is 14.3. The molecule has 0 atom stereocenters. The van der Waals surface area contributed by atoms with Gasteiger partial charge in [-0.05, 0) is 19.2 Å². The van der Waals surface area contributed by atoms with Crippen LogP contribution >= 0.6 is 0 Å². The monoisotopic (exact) mass is 328 g/mol. The zero-order chi connectivity index (χ0) is 16.9. The molecule has 3 rings (SSSR count). The molecule has 1 N–H and O–H groups in total. The van der Waals surface area contributed by atoms with Gasteiger partial charge < -0.3 is 19.9 Å². The van der Waals surface area contributed by atoms with Crippen molar-refractivity contribution in [2.24, 2.45) is 0 Å². The van der Waals surface area contributed by atoms with Crippen molar-refractivity contribution in [3.8, 4) is 5.88 Å². The number of hydrogen-bond donors (Lipinski definition) is 1. The van der Waals surface area contributed by atoms with Gasteiger partial charge in [0.15, 0.2) is 0 Å². The highest BCUT2D eigenvalue weighted by Gasteiger charge is 2.17. The third kappa shape index (κ3) is 3.68. The van der Waals surface area contributed by atoms with Crippen LogP contribution < -0.4 is 15.0 Å². The van der Waals surface area contributed by atoms with Crippen molar-refractivity contribution in [3.05, 3.63) is 36.7 Å². The summed E-state index contributed by atoms with van der Waals surface area (Å²) in [6.07, 6.45) is 5.40. The quantitative estimate of drug-likeness (QED) is 0.872. The molecule has 0 aliphatic carbocycles. The Kier molecular flexibility index (Phi) is 5.00. The number of likely N-dealkylation sites (N-methyl/N-ethyl adjacent to an activating group) is 1. The Hall–Kier alpha value is -2.54. The fraction of sp³-hybridized carbons (Fsp3) is 0.412. The molecule has 0 spiro atoms. The second-order valence-electron chi connectivity index (χ2n) is 5.88. The van der Waals surface area contributed by atoms with E-state index in [9.17, 15) is 0 Å². The lowest BCUT2D eigenvalue weighted by molar-refractivity contribution is 0.311. The Bertz CT molecular complexity index is 690. The van der Waals surface area contributed by atoms with E-state index in [2.05, 4.69) is 38.8 Å².